The molecule has 1 saturated carbocycles. The molecule has 176 valence electrons. The number of carbonyl (C=O) groups excluding carboxylic acids is 2. The number of benzene rings is 3. The minimum Gasteiger partial charge on any atom is -0.497 e. The Morgan fingerprint density at radius 3 is 2.26 bits per heavy atom. The summed E-state index contributed by atoms with van der Waals surface area (Å²) in [5.74, 6) is 0.972. The second-order valence-corrected chi connectivity index (χ2v) is 9.24. The van der Waals surface area contributed by atoms with E-state index in [9.17, 15) is 9.59 Å². The van der Waals surface area contributed by atoms with Gasteiger partial charge in [-0.2, -0.15) is 0 Å². The molecule has 34 heavy (non-hydrogen) atoms. The van der Waals surface area contributed by atoms with Crippen molar-refractivity contribution in [1.29, 1.82) is 0 Å². The predicted octanol–water partition coefficient (Wildman–Crippen LogP) is 4.20. The first-order valence-corrected chi connectivity index (χ1v) is 12.1. The third-order valence-electron chi connectivity index (χ3n) is 6.86. The van der Waals surface area contributed by atoms with Gasteiger partial charge in [-0.05, 0) is 59.9 Å². The van der Waals surface area contributed by atoms with E-state index in [4.69, 9.17) is 4.74 Å². The average Bonchev–Trinajstić information content (AvgIpc) is 3.73. The van der Waals surface area contributed by atoms with Crippen LogP contribution in [-0.4, -0.2) is 61.4 Å². The van der Waals surface area contributed by atoms with Gasteiger partial charge < -0.3 is 15.0 Å². The largest absolute Gasteiger partial charge is 0.497 e. The van der Waals surface area contributed by atoms with Crippen LogP contribution in [0.5, 0.6) is 5.75 Å². The van der Waals surface area contributed by atoms with Gasteiger partial charge in [0.2, 0.25) is 5.91 Å². The summed E-state index contributed by atoms with van der Waals surface area (Å²) in [6.07, 6.45) is 2.84. The van der Waals surface area contributed by atoms with Crippen LogP contribution in [0.15, 0.2) is 60.7 Å². The molecule has 3 aromatic carbocycles. The van der Waals surface area contributed by atoms with Gasteiger partial charge in [0.25, 0.3) is 5.91 Å². The van der Waals surface area contributed by atoms with Crippen LogP contribution >= 0.6 is 0 Å². The Morgan fingerprint density at radius 1 is 0.941 bits per heavy atom. The minimum absolute atomic E-state index is 0.00773. The van der Waals surface area contributed by atoms with Gasteiger partial charge in [0, 0.05) is 38.6 Å². The van der Waals surface area contributed by atoms with Crippen LogP contribution in [-0.2, 0) is 11.2 Å². The van der Waals surface area contributed by atoms with Crippen molar-refractivity contribution < 1.29 is 14.3 Å². The van der Waals surface area contributed by atoms with Gasteiger partial charge in [-0.3, -0.25) is 14.5 Å². The molecule has 5 rings (SSSR count). The number of nitrogens with one attached hydrogen (secondary N) is 1. The van der Waals surface area contributed by atoms with E-state index < -0.39 is 0 Å². The van der Waals surface area contributed by atoms with Gasteiger partial charge in [-0.15, -0.1) is 0 Å². The molecule has 1 N–H and O–H groups in total. The first-order valence-electron chi connectivity index (χ1n) is 12.1. The average molecular weight is 458 g/mol. The zero-order valence-electron chi connectivity index (χ0n) is 19.6. The lowest BCUT2D eigenvalue weighted by atomic mass is 10.0. The number of ether oxygens (including phenoxy) is 1. The van der Waals surface area contributed by atoms with Crippen LogP contribution in [0.1, 0.15) is 28.8 Å². The van der Waals surface area contributed by atoms with E-state index in [1.165, 1.54) is 5.56 Å². The molecule has 6 nitrogen and oxygen atoms in total. The van der Waals surface area contributed by atoms with Crippen molar-refractivity contribution >= 4 is 28.3 Å². The molecule has 0 aromatic heterocycles. The molecule has 0 spiro atoms. The highest BCUT2D eigenvalue weighted by molar-refractivity contribution is 6.08. The number of methoxy groups -OCH3 is 1. The molecule has 2 fully saturated rings. The van der Waals surface area contributed by atoms with E-state index in [2.05, 4.69) is 22.3 Å². The zero-order chi connectivity index (χ0) is 23.5. The third-order valence-corrected chi connectivity index (χ3v) is 6.86. The van der Waals surface area contributed by atoms with Crippen LogP contribution < -0.4 is 10.1 Å². The van der Waals surface area contributed by atoms with Crippen molar-refractivity contribution in [2.45, 2.75) is 19.3 Å². The number of amides is 2. The molecule has 1 heterocycles. The van der Waals surface area contributed by atoms with Gasteiger partial charge in [0.1, 0.15) is 5.75 Å². The third kappa shape index (κ3) is 5.07. The van der Waals surface area contributed by atoms with Gasteiger partial charge in [-0.25, -0.2) is 0 Å². The van der Waals surface area contributed by atoms with Crippen molar-refractivity contribution in [2.75, 3.05) is 45.2 Å². The number of carbonyl (C=O) groups is 2. The van der Waals surface area contributed by atoms with Gasteiger partial charge in [0.05, 0.1) is 18.4 Å². The summed E-state index contributed by atoms with van der Waals surface area (Å²) in [5, 5.41) is 5.06. The number of anilines is 1. The summed E-state index contributed by atoms with van der Waals surface area (Å²) < 4.78 is 5.23. The summed E-state index contributed by atoms with van der Waals surface area (Å²) in [7, 11) is 1.68. The number of hydrogen-bond donors (Lipinski definition) is 1. The molecule has 0 radical (unpaired) electrons. The molecule has 2 aliphatic rings. The number of nitrogens with zero attached hydrogens (tertiary/aromatic N) is 2. The SMILES string of the molecule is COc1ccc(CCN2CCN(C(=O)c3cc4ccccc4cc3NC(=O)C3CC3)CC2)cc1. The van der Waals surface area contributed by atoms with Crippen LogP contribution in [0, 0.1) is 5.92 Å². The highest BCUT2D eigenvalue weighted by atomic mass is 16.5. The normalized spacial score (nSPS) is 16.4. The molecule has 0 unspecified atom stereocenters. The molecule has 1 aliphatic heterocycles. The first kappa shape index (κ1) is 22.4. The standard InChI is InChI=1S/C28H31N3O3/c1-34-24-10-6-20(7-11-24)12-13-30-14-16-31(17-15-30)28(33)25-18-22-4-2-3-5-23(22)19-26(25)29-27(32)21-8-9-21/h2-7,10-11,18-19,21H,8-9,12-17H2,1H3,(H,29,32). The fraction of sp³-hybridized carbons (Fsp3) is 0.357. The maximum atomic E-state index is 13.5. The molecule has 2 amide bonds. The minimum atomic E-state index is -0.00773. The maximum absolute atomic E-state index is 13.5. The van der Waals surface area contributed by atoms with E-state index in [0.29, 0.717) is 24.3 Å². The number of rotatable bonds is 7. The second kappa shape index (κ2) is 9.85. The summed E-state index contributed by atoms with van der Waals surface area (Å²) >= 11 is 0. The fourth-order valence-electron chi connectivity index (χ4n) is 4.53. The highest BCUT2D eigenvalue weighted by Gasteiger charge is 2.31. The number of fused-ring (bicyclic) bond motifs is 1. The Bertz CT molecular complexity index is 1180. The van der Waals surface area contributed by atoms with Crippen LogP contribution in [0.3, 0.4) is 0 Å². The molecular weight excluding hydrogens is 426 g/mol. The number of hydrogen-bond acceptors (Lipinski definition) is 4. The molecular formula is C28H31N3O3. The molecule has 0 atom stereocenters. The highest BCUT2D eigenvalue weighted by Crippen LogP contribution is 2.32. The van der Waals surface area contributed by atoms with Crippen molar-refractivity contribution in [3.05, 3.63) is 71.8 Å². The second-order valence-electron chi connectivity index (χ2n) is 9.24. The van der Waals surface area contributed by atoms with E-state index in [0.717, 1.165) is 55.4 Å². The lowest BCUT2D eigenvalue weighted by Gasteiger charge is -2.35. The first-order chi connectivity index (χ1) is 16.6. The monoisotopic (exact) mass is 457 g/mol. The van der Waals surface area contributed by atoms with Crippen molar-refractivity contribution in [3.63, 3.8) is 0 Å². The van der Waals surface area contributed by atoms with Gasteiger partial charge in [0.15, 0.2) is 0 Å². The van der Waals surface area contributed by atoms with Crippen LogP contribution in [0.2, 0.25) is 0 Å². The zero-order valence-corrected chi connectivity index (χ0v) is 19.6. The Kier molecular flexibility index (Phi) is 6.50. The van der Waals surface area contributed by atoms with Crippen molar-refractivity contribution in [3.8, 4) is 5.75 Å². The Morgan fingerprint density at radius 2 is 1.62 bits per heavy atom. The van der Waals surface area contributed by atoms with Crippen molar-refractivity contribution in [2.24, 2.45) is 5.92 Å². The molecule has 1 aliphatic carbocycles. The smallest absolute Gasteiger partial charge is 0.256 e. The predicted molar refractivity (Wildman–Crippen MR) is 134 cm³/mol. The topological polar surface area (TPSA) is 61.9 Å². The van der Waals surface area contributed by atoms with Gasteiger partial charge >= 0.3 is 0 Å². The molecule has 6 heteroatoms. The summed E-state index contributed by atoms with van der Waals surface area (Å²) in [6, 6.07) is 20.0. The maximum Gasteiger partial charge on any atom is 0.256 e. The number of piperazine rings is 1. The van der Waals surface area contributed by atoms with E-state index in [1.807, 2.05) is 53.4 Å². The molecule has 1 saturated heterocycles. The van der Waals surface area contributed by atoms with E-state index in [1.54, 1.807) is 7.11 Å². The Labute approximate surface area is 200 Å². The lowest BCUT2D eigenvalue weighted by Crippen LogP contribution is -2.49. The molecule has 3 aromatic rings. The lowest BCUT2D eigenvalue weighted by molar-refractivity contribution is -0.117. The summed E-state index contributed by atoms with van der Waals surface area (Å²) in [4.78, 5) is 30.3. The Balaban J connectivity index is 1.24. The van der Waals surface area contributed by atoms with Gasteiger partial charge in [-0.1, -0.05) is 36.4 Å². The fourth-order valence-corrected chi connectivity index (χ4v) is 4.53. The quantitative estimate of drug-likeness (QED) is 0.578. The van der Waals surface area contributed by atoms with Crippen LogP contribution in [0.25, 0.3) is 10.8 Å². The van der Waals surface area contributed by atoms with E-state index in [-0.39, 0.29) is 17.7 Å². The molecule has 0 bridgehead atoms. The van der Waals surface area contributed by atoms with Crippen molar-refractivity contribution in [1.82, 2.24) is 9.80 Å². The summed E-state index contributed by atoms with van der Waals surface area (Å²) in [5.41, 5.74) is 2.49. The van der Waals surface area contributed by atoms with E-state index >= 15 is 0 Å². The Hall–Kier alpha value is -3.38. The summed E-state index contributed by atoms with van der Waals surface area (Å²) in [6.45, 7) is 4.03. The van der Waals surface area contributed by atoms with Crippen LogP contribution in [0.4, 0.5) is 5.69 Å².